The number of methoxy groups -OCH3 is 1. The summed E-state index contributed by atoms with van der Waals surface area (Å²) in [6.07, 6.45) is 1.46. The van der Waals surface area contributed by atoms with E-state index in [0.717, 1.165) is 0 Å². The molecule has 106 valence electrons. The zero-order chi connectivity index (χ0) is 14.3. The van der Waals surface area contributed by atoms with Crippen molar-refractivity contribution in [1.29, 1.82) is 0 Å². The molecule has 0 aromatic carbocycles. The summed E-state index contributed by atoms with van der Waals surface area (Å²) in [4.78, 5) is 22.8. The van der Waals surface area contributed by atoms with Gasteiger partial charge in [0.15, 0.2) is 0 Å². The maximum Gasteiger partial charge on any atom is 0.341 e. The van der Waals surface area contributed by atoms with Crippen LogP contribution in [0.2, 0.25) is 0 Å². The highest BCUT2D eigenvalue weighted by Gasteiger charge is 2.17. The number of furan rings is 1. The second kappa shape index (κ2) is 7.89. The summed E-state index contributed by atoms with van der Waals surface area (Å²) in [5, 5.41) is 0. The van der Waals surface area contributed by atoms with Gasteiger partial charge in [-0.15, -0.1) is 0 Å². The molecule has 1 rings (SSSR count). The number of hydrogen-bond acceptors (Lipinski definition) is 6. The Morgan fingerprint density at radius 3 is 2.84 bits per heavy atom. The molecule has 1 heterocycles. The predicted octanol–water partition coefficient (Wildman–Crippen LogP) is 2.50. The quantitative estimate of drug-likeness (QED) is 0.717. The second-order valence-electron chi connectivity index (χ2n) is 3.92. The molecule has 0 fully saturated rings. The average molecular weight is 286 g/mol. The van der Waals surface area contributed by atoms with Crippen LogP contribution in [0.5, 0.6) is 0 Å². The fourth-order valence-corrected chi connectivity index (χ4v) is 2.46. The molecular formula is C13H18O5S. The van der Waals surface area contributed by atoms with Gasteiger partial charge in [0.25, 0.3) is 0 Å². The molecule has 0 aliphatic rings. The topological polar surface area (TPSA) is 65.7 Å². The normalized spacial score (nSPS) is 11.9. The van der Waals surface area contributed by atoms with E-state index < -0.39 is 0 Å². The first-order valence-electron chi connectivity index (χ1n) is 5.99. The first-order chi connectivity index (χ1) is 9.10. The Hall–Kier alpha value is -1.43. The van der Waals surface area contributed by atoms with Gasteiger partial charge < -0.3 is 13.9 Å². The van der Waals surface area contributed by atoms with Gasteiger partial charge in [-0.2, -0.15) is 11.8 Å². The molecule has 0 saturated carbocycles. The Labute approximate surface area is 116 Å². The van der Waals surface area contributed by atoms with Gasteiger partial charge in [0.1, 0.15) is 11.3 Å². The summed E-state index contributed by atoms with van der Waals surface area (Å²) in [5.41, 5.74) is 0.445. The van der Waals surface area contributed by atoms with E-state index in [1.54, 1.807) is 19.9 Å². The number of carbonyl (C=O) groups is 2. The summed E-state index contributed by atoms with van der Waals surface area (Å²) in [5.74, 6) is 0.889. The van der Waals surface area contributed by atoms with Crippen LogP contribution in [0.3, 0.4) is 0 Å². The van der Waals surface area contributed by atoms with Gasteiger partial charge in [0.2, 0.25) is 0 Å². The highest BCUT2D eigenvalue weighted by Crippen LogP contribution is 2.21. The molecule has 0 aliphatic heterocycles. The molecule has 6 heteroatoms. The number of carbonyl (C=O) groups excluding carboxylic acids is 2. The molecule has 0 aliphatic carbocycles. The van der Waals surface area contributed by atoms with Crippen molar-refractivity contribution in [2.45, 2.75) is 19.6 Å². The first-order valence-corrected chi connectivity index (χ1v) is 7.14. The molecule has 0 amide bonds. The van der Waals surface area contributed by atoms with Gasteiger partial charge in [0, 0.05) is 5.75 Å². The largest absolute Gasteiger partial charge is 0.469 e. The van der Waals surface area contributed by atoms with Gasteiger partial charge in [-0.05, 0) is 13.0 Å². The summed E-state index contributed by atoms with van der Waals surface area (Å²) in [6.45, 7) is 3.88. The molecule has 1 aromatic rings. The molecule has 5 nitrogen and oxygen atoms in total. The maximum absolute atomic E-state index is 11.6. The van der Waals surface area contributed by atoms with Gasteiger partial charge in [0.05, 0.1) is 31.7 Å². The molecule has 1 atom stereocenters. The third kappa shape index (κ3) is 4.63. The smallest absolute Gasteiger partial charge is 0.341 e. The van der Waals surface area contributed by atoms with Gasteiger partial charge in [-0.1, -0.05) is 6.92 Å². The molecule has 0 bridgehead atoms. The highest BCUT2D eigenvalue weighted by atomic mass is 32.2. The number of hydrogen-bond donors (Lipinski definition) is 0. The third-order valence-corrected chi connectivity index (χ3v) is 3.65. The minimum absolute atomic E-state index is 0.184. The van der Waals surface area contributed by atoms with Crippen LogP contribution in [0.1, 0.15) is 30.0 Å². The summed E-state index contributed by atoms with van der Waals surface area (Å²) < 4.78 is 14.8. The Balaban J connectivity index is 2.48. The van der Waals surface area contributed by atoms with Crippen LogP contribution in [0.4, 0.5) is 0 Å². The van der Waals surface area contributed by atoms with Crippen molar-refractivity contribution in [3.8, 4) is 0 Å². The minimum atomic E-state index is -0.382. The van der Waals surface area contributed by atoms with Crippen molar-refractivity contribution in [2.24, 2.45) is 5.92 Å². The number of thioether (sulfide) groups is 1. The van der Waals surface area contributed by atoms with Gasteiger partial charge >= 0.3 is 11.9 Å². The van der Waals surface area contributed by atoms with E-state index in [0.29, 0.717) is 29.4 Å². The van der Waals surface area contributed by atoms with Crippen LogP contribution >= 0.6 is 11.8 Å². The lowest BCUT2D eigenvalue weighted by atomic mass is 10.2. The molecule has 1 aromatic heterocycles. The van der Waals surface area contributed by atoms with E-state index in [1.165, 1.54) is 25.1 Å². The van der Waals surface area contributed by atoms with Crippen LogP contribution in [0.25, 0.3) is 0 Å². The second-order valence-corrected chi connectivity index (χ2v) is 4.95. The number of esters is 2. The van der Waals surface area contributed by atoms with E-state index in [9.17, 15) is 9.59 Å². The maximum atomic E-state index is 11.6. The average Bonchev–Trinajstić information content (AvgIpc) is 2.86. The van der Waals surface area contributed by atoms with E-state index in [-0.39, 0.29) is 17.9 Å². The standard InChI is InChI=1S/C13H18O5S/c1-4-17-13(15)10-5-6-18-11(10)8-19-7-9(2)12(14)16-3/h5-6,9H,4,7-8H2,1-3H3. The van der Waals surface area contributed by atoms with Crippen LogP contribution < -0.4 is 0 Å². The number of ether oxygens (including phenoxy) is 2. The monoisotopic (exact) mass is 286 g/mol. The summed E-state index contributed by atoms with van der Waals surface area (Å²) in [7, 11) is 1.37. The van der Waals surface area contributed by atoms with Crippen LogP contribution in [0, 0.1) is 5.92 Å². The molecule has 0 N–H and O–H groups in total. The van der Waals surface area contributed by atoms with Crippen molar-refractivity contribution in [3.05, 3.63) is 23.7 Å². The third-order valence-electron chi connectivity index (χ3n) is 2.45. The van der Waals surface area contributed by atoms with Gasteiger partial charge in [-0.25, -0.2) is 4.79 Å². The van der Waals surface area contributed by atoms with Crippen molar-refractivity contribution < 1.29 is 23.5 Å². The van der Waals surface area contributed by atoms with E-state index in [2.05, 4.69) is 4.74 Å². The fraction of sp³-hybridized carbons (Fsp3) is 0.538. The van der Waals surface area contributed by atoms with Crippen molar-refractivity contribution in [3.63, 3.8) is 0 Å². The Morgan fingerprint density at radius 2 is 2.21 bits per heavy atom. The van der Waals surface area contributed by atoms with Crippen LogP contribution in [-0.2, 0) is 20.0 Å². The fourth-order valence-electron chi connectivity index (χ4n) is 1.44. The molecule has 19 heavy (non-hydrogen) atoms. The van der Waals surface area contributed by atoms with Crippen molar-refractivity contribution >= 4 is 23.7 Å². The molecular weight excluding hydrogens is 268 g/mol. The lowest BCUT2D eigenvalue weighted by Crippen LogP contribution is -2.15. The van der Waals surface area contributed by atoms with Gasteiger partial charge in [-0.3, -0.25) is 4.79 Å². The molecule has 0 spiro atoms. The van der Waals surface area contributed by atoms with E-state index >= 15 is 0 Å². The Bertz CT molecular complexity index is 426. The molecule has 0 saturated heterocycles. The molecule has 1 unspecified atom stereocenters. The number of rotatable bonds is 7. The van der Waals surface area contributed by atoms with Crippen LogP contribution in [0.15, 0.2) is 16.7 Å². The molecule has 0 radical (unpaired) electrons. The van der Waals surface area contributed by atoms with E-state index in [4.69, 9.17) is 9.15 Å². The van der Waals surface area contributed by atoms with Crippen molar-refractivity contribution in [1.82, 2.24) is 0 Å². The van der Waals surface area contributed by atoms with Crippen molar-refractivity contribution in [2.75, 3.05) is 19.5 Å². The first kappa shape index (κ1) is 15.6. The minimum Gasteiger partial charge on any atom is -0.469 e. The Kier molecular flexibility index (Phi) is 6.49. The SMILES string of the molecule is CCOC(=O)c1ccoc1CSCC(C)C(=O)OC. The Morgan fingerprint density at radius 1 is 1.47 bits per heavy atom. The van der Waals surface area contributed by atoms with E-state index in [1.807, 2.05) is 0 Å². The zero-order valence-electron chi connectivity index (χ0n) is 11.3. The zero-order valence-corrected chi connectivity index (χ0v) is 12.1. The van der Waals surface area contributed by atoms with Crippen LogP contribution in [-0.4, -0.2) is 31.4 Å². The predicted molar refractivity (Wildman–Crippen MR) is 72.0 cm³/mol. The lowest BCUT2D eigenvalue weighted by molar-refractivity contribution is -0.144. The summed E-state index contributed by atoms with van der Waals surface area (Å²) >= 11 is 1.51. The highest BCUT2D eigenvalue weighted by molar-refractivity contribution is 7.98. The lowest BCUT2D eigenvalue weighted by Gasteiger charge is -2.08. The summed E-state index contributed by atoms with van der Waals surface area (Å²) in [6, 6.07) is 1.59.